The molecule has 0 saturated heterocycles. The molecule has 0 aliphatic rings. The van der Waals surface area contributed by atoms with Crippen LogP contribution in [0.1, 0.15) is 65.9 Å². The third-order valence-corrected chi connectivity index (χ3v) is 9.08. The molecule has 1 unspecified atom stereocenters. The molecule has 17 heteroatoms. The monoisotopic (exact) mass is 721 g/mol. The lowest BCUT2D eigenvalue weighted by atomic mass is 9.97. The lowest BCUT2D eigenvalue weighted by Gasteiger charge is -2.26. The van der Waals surface area contributed by atoms with Gasteiger partial charge in [-0.2, -0.15) is 0 Å². The Morgan fingerprint density at radius 1 is 0.800 bits per heavy atom. The highest BCUT2D eigenvalue weighted by Crippen LogP contribution is 2.22. The molecule has 50 heavy (non-hydrogen) atoms. The molecule has 0 fully saturated rings. The predicted octanol–water partition coefficient (Wildman–Crippen LogP) is -0.846. The van der Waals surface area contributed by atoms with Crippen molar-refractivity contribution in [1.82, 2.24) is 26.6 Å². The van der Waals surface area contributed by atoms with Gasteiger partial charge in [0.25, 0.3) is 0 Å². The first-order valence-corrected chi connectivity index (χ1v) is 17.5. The standard InChI is InChI=1S/C33H55N9O7S/c1-7-19(4)27(42-29(46)26(34)21(6)43)30(47)39-16-24(44)38-17-25(45)41-28(20(5)8-2)31(48)40-23(10-9-15-37-33(35)36)32(49)50-22-13-11-18(3)12-14-22/h11-14,19-21,23,26-28,43H,7-10,15-17,34H2,1-6H3,(H,38,44)(H,39,47)(H,40,48)(H,41,45)(H,42,46)(H4,35,36,37)/t19-,20-,21+,23?,26-,27-,28-/m0/s1. The molecule has 16 nitrogen and oxygen atoms in total. The average Bonchev–Trinajstić information content (AvgIpc) is 3.08. The Morgan fingerprint density at radius 2 is 1.36 bits per heavy atom. The molecular weight excluding hydrogens is 666 g/mol. The van der Waals surface area contributed by atoms with Crippen LogP contribution in [0.3, 0.4) is 0 Å². The van der Waals surface area contributed by atoms with Crippen LogP contribution in [0.15, 0.2) is 34.2 Å². The summed E-state index contributed by atoms with van der Waals surface area (Å²) in [5, 5.41) is 22.1. The average molecular weight is 722 g/mol. The maximum atomic E-state index is 13.5. The Labute approximate surface area is 298 Å². The summed E-state index contributed by atoms with van der Waals surface area (Å²) >= 11 is 0.994. The second-order valence-electron chi connectivity index (χ2n) is 12.3. The highest BCUT2D eigenvalue weighted by atomic mass is 32.2. The zero-order valence-corrected chi connectivity index (χ0v) is 30.6. The van der Waals surface area contributed by atoms with Gasteiger partial charge < -0.3 is 48.9 Å². The van der Waals surface area contributed by atoms with E-state index in [1.54, 1.807) is 13.8 Å². The number of hydrogen-bond acceptors (Lipinski definition) is 10. The number of aryl methyl sites for hydroxylation is 1. The second-order valence-corrected chi connectivity index (χ2v) is 13.4. The number of benzene rings is 1. The molecule has 0 heterocycles. The topological polar surface area (TPSA) is 273 Å². The number of hydrogen-bond donors (Lipinski definition) is 9. The van der Waals surface area contributed by atoms with E-state index in [1.807, 2.05) is 45.0 Å². The minimum absolute atomic E-state index is 0.0853. The number of guanidine groups is 1. The first-order valence-electron chi connectivity index (χ1n) is 16.7. The van der Waals surface area contributed by atoms with Crippen molar-refractivity contribution < 1.29 is 33.9 Å². The van der Waals surface area contributed by atoms with Gasteiger partial charge in [0, 0.05) is 11.4 Å². The summed E-state index contributed by atoms with van der Waals surface area (Å²) in [5.41, 5.74) is 17.5. The maximum Gasteiger partial charge on any atom is 0.243 e. The molecule has 0 aliphatic carbocycles. The minimum atomic E-state index is -1.24. The van der Waals surface area contributed by atoms with Crippen molar-refractivity contribution >= 4 is 52.4 Å². The molecule has 0 saturated carbocycles. The second kappa shape index (κ2) is 22.5. The first kappa shape index (κ1) is 43.8. The van der Waals surface area contributed by atoms with Crippen LogP contribution >= 0.6 is 11.8 Å². The van der Waals surface area contributed by atoms with Gasteiger partial charge >= 0.3 is 0 Å². The molecule has 0 aliphatic heterocycles. The quantitative estimate of drug-likeness (QED) is 0.0327. The van der Waals surface area contributed by atoms with E-state index >= 15 is 0 Å². The van der Waals surface area contributed by atoms with E-state index in [-0.39, 0.29) is 35.9 Å². The summed E-state index contributed by atoms with van der Waals surface area (Å²) < 4.78 is 0. The molecule has 5 amide bonds. The number of thioether (sulfide) groups is 1. The molecule has 7 atom stereocenters. The van der Waals surface area contributed by atoms with Gasteiger partial charge in [-0.1, -0.05) is 58.2 Å². The summed E-state index contributed by atoms with van der Waals surface area (Å²) in [4.78, 5) is 82.0. The summed E-state index contributed by atoms with van der Waals surface area (Å²) in [5.74, 6) is -3.99. The largest absolute Gasteiger partial charge is 0.391 e. The molecule has 1 aromatic carbocycles. The number of aliphatic hydroxyl groups is 1. The van der Waals surface area contributed by atoms with Crippen molar-refractivity contribution in [3.05, 3.63) is 29.8 Å². The SMILES string of the molecule is CC[C@H](C)[C@H](NC(=O)CNC(=O)CNC(=O)[C@@H](NC(=O)[C@@H](N)[C@@H](C)O)[C@@H](C)CC)C(=O)NC(CCCN=C(N)N)C(=O)Sc1ccc(C)cc1. The molecule has 280 valence electrons. The van der Waals surface area contributed by atoms with Crippen molar-refractivity contribution in [2.45, 2.75) is 102 Å². The number of carbonyl (C=O) groups is 6. The van der Waals surface area contributed by atoms with E-state index in [4.69, 9.17) is 17.2 Å². The molecule has 12 N–H and O–H groups in total. The van der Waals surface area contributed by atoms with E-state index in [2.05, 4.69) is 31.6 Å². The number of rotatable bonds is 21. The van der Waals surface area contributed by atoms with Crippen molar-refractivity contribution in [1.29, 1.82) is 0 Å². The lowest BCUT2D eigenvalue weighted by Crippen LogP contribution is -2.57. The lowest BCUT2D eigenvalue weighted by molar-refractivity contribution is -0.133. The molecular formula is C33H55N9O7S. The van der Waals surface area contributed by atoms with Crippen molar-refractivity contribution in [3.8, 4) is 0 Å². The Hall–Kier alpha value is -4.22. The Balaban J connectivity index is 2.87. The fraction of sp³-hybridized carbons (Fsp3) is 0.606. The Kier molecular flexibility index (Phi) is 19.7. The third-order valence-electron chi connectivity index (χ3n) is 8.08. The first-order chi connectivity index (χ1) is 23.5. The number of nitrogens with one attached hydrogen (secondary N) is 5. The van der Waals surface area contributed by atoms with Gasteiger partial charge in [-0.3, -0.25) is 33.8 Å². The van der Waals surface area contributed by atoms with Crippen LogP contribution < -0.4 is 43.8 Å². The zero-order valence-electron chi connectivity index (χ0n) is 29.8. The van der Waals surface area contributed by atoms with Gasteiger partial charge in [0.05, 0.1) is 25.2 Å². The van der Waals surface area contributed by atoms with E-state index < -0.39 is 72.9 Å². The number of aliphatic hydroxyl groups excluding tert-OH is 1. The van der Waals surface area contributed by atoms with Crippen LogP contribution in [0.4, 0.5) is 0 Å². The van der Waals surface area contributed by atoms with Crippen molar-refractivity contribution in [3.63, 3.8) is 0 Å². The van der Waals surface area contributed by atoms with Crippen LogP contribution in [0.25, 0.3) is 0 Å². The summed E-state index contributed by atoms with van der Waals surface area (Å²) in [6, 6.07) is 3.22. The minimum Gasteiger partial charge on any atom is -0.391 e. The molecule has 0 aromatic heterocycles. The summed E-state index contributed by atoms with van der Waals surface area (Å²) in [7, 11) is 0. The highest BCUT2D eigenvalue weighted by Gasteiger charge is 2.31. The molecule has 1 aromatic rings. The van der Waals surface area contributed by atoms with Crippen LogP contribution in [0.2, 0.25) is 0 Å². The molecule has 0 bridgehead atoms. The Bertz CT molecular complexity index is 1320. The van der Waals surface area contributed by atoms with E-state index in [0.717, 1.165) is 17.3 Å². The number of nitrogens with two attached hydrogens (primary N) is 3. The van der Waals surface area contributed by atoms with E-state index in [1.165, 1.54) is 6.92 Å². The number of nitrogens with zero attached hydrogens (tertiary/aromatic N) is 1. The van der Waals surface area contributed by atoms with Gasteiger partial charge in [0.2, 0.25) is 34.7 Å². The third kappa shape index (κ3) is 16.0. The zero-order chi connectivity index (χ0) is 38.0. The molecule has 1 rings (SSSR count). The summed E-state index contributed by atoms with van der Waals surface area (Å²) in [6.45, 7) is 9.74. The number of carbonyl (C=O) groups excluding carboxylic acids is 6. The van der Waals surface area contributed by atoms with Crippen LogP contribution in [-0.4, -0.2) is 95.6 Å². The van der Waals surface area contributed by atoms with Gasteiger partial charge in [-0.05, 0) is 62.4 Å². The maximum absolute atomic E-state index is 13.5. The van der Waals surface area contributed by atoms with Gasteiger partial charge in [0.15, 0.2) is 5.96 Å². The number of aliphatic imine (C=N–C) groups is 1. The summed E-state index contributed by atoms with van der Waals surface area (Å²) in [6.07, 6.45) is 0.572. The van der Waals surface area contributed by atoms with Crippen LogP contribution in [0, 0.1) is 18.8 Å². The van der Waals surface area contributed by atoms with Gasteiger partial charge in [-0.25, -0.2) is 0 Å². The van der Waals surface area contributed by atoms with Crippen molar-refractivity contribution in [2.75, 3.05) is 19.6 Å². The fourth-order valence-corrected chi connectivity index (χ4v) is 5.25. The normalized spacial score (nSPS) is 15.1. The Morgan fingerprint density at radius 3 is 1.90 bits per heavy atom. The van der Waals surface area contributed by atoms with Crippen LogP contribution in [-0.2, 0) is 28.8 Å². The smallest absolute Gasteiger partial charge is 0.243 e. The van der Waals surface area contributed by atoms with E-state index in [0.29, 0.717) is 24.2 Å². The highest BCUT2D eigenvalue weighted by molar-refractivity contribution is 8.13. The van der Waals surface area contributed by atoms with Gasteiger partial charge in [0.1, 0.15) is 18.1 Å². The molecule has 0 radical (unpaired) electrons. The molecule has 0 spiro atoms. The van der Waals surface area contributed by atoms with Crippen LogP contribution in [0.5, 0.6) is 0 Å². The van der Waals surface area contributed by atoms with Gasteiger partial charge in [-0.15, -0.1) is 0 Å². The predicted molar refractivity (Wildman–Crippen MR) is 192 cm³/mol. The fourth-order valence-electron chi connectivity index (χ4n) is 4.42. The van der Waals surface area contributed by atoms with Crippen molar-refractivity contribution in [2.24, 2.45) is 34.0 Å². The number of amides is 5. The van der Waals surface area contributed by atoms with E-state index in [9.17, 15) is 33.9 Å².